The molecule has 1 aromatic heterocycles. The van der Waals surface area contributed by atoms with Crippen molar-refractivity contribution in [3.63, 3.8) is 0 Å². The second-order valence-corrected chi connectivity index (χ2v) is 6.47. The standard InChI is InChI=1S/C15H17F3N2S/c1-14(2,13-4-3-7-21-13)9-20-12-6-5-10(19)8-11(12)15(16,17)18/h3-8,20H,9,19H2,1-2H3. The van der Waals surface area contributed by atoms with E-state index in [2.05, 4.69) is 5.32 Å². The van der Waals surface area contributed by atoms with Crippen LogP contribution in [0.4, 0.5) is 24.5 Å². The van der Waals surface area contributed by atoms with Crippen LogP contribution < -0.4 is 11.1 Å². The van der Waals surface area contributed by atoms with Crippen LogP contribution in [0.25, 0.3) is 0 Å². The van der Waals surface area contributed by atoms with E-state index < -0.39 is 11.7 Å². The first-order valence-electron chi connectivity index (χ1n) is 6.45. The van der Waals surface area contributed by atoms with E-state index in [1.165, 1.54) is 12.1 Å². The minimum absolute atomic E-state index is 0.0568. The zero-order valence-electron chi connectivity index (χ0n) is 11.8. The molecule has 0 amide bonds. The van der Waals surface area contributed by atoms with Gasteiger partial charge in [-0.15, -0.1) is 11.3 Å². The lowest BCUT2D eigenvalue weighted by atomic mass is 9.91. The maximum atomic E-state index is 13.0. The molecular formula is C15H17F3N2S. The van der Waals surface area contributed by atoms with Crippen LogP contribution in [0.15, 0.2) is 35.7 Å². The fraction of sp³-hybridized carbons (Fsp3) is 0.333. The Labute approximate surface area is 125 Å². The van der Waals surface area contributed by atoms with Gasteiger partial charge in [0.15, 0.2) is 0 Å². The van der Waals surface area contributed by atoms with Crippen molar-refractivity contribution in [1.29, 1.82) is 0 Å². The van der Waals surface area contributed by atoms with Crippen LogP contribution in [0, 0.1) is 0 Å². The Kier molecular flexibility index (Phi) is 4.18. The Morgan fingerprint density at radius 2 is 1.90 bits per heavy atom. The third-order valence-electron chi connectivity index (χ3n) is 3.26. The molecule has 3 N–H and O–H groups in total. The Hall–Kier alpha value is -1.69. The average Bonchev–Trinajstić information content (AvgIpc) is 2.91. The summed E-state index contributed by atoms with van der Waals surface area (Å²) in [7, 11) is 0. The number of thiophene rings is 1. The summed E-state index contributed by atoms with van der Waals surface area (Å²) in [6.07, 6.45) is -4.43. The second kappa shape index (κ2) is 5.60. The highest BCUT2D eigenvalue weighted by atomic mass is 32.1. The first kappa shape index (κ1) is 15.7. The highest BCUT2D eigenvalue weighted by Gasteiger charge is 2.34. The van der Waals surface area contributed by atoms with E-state index in [4.69, 9.17) is 5.73 Å². The molecule has 2 nitrogen and oxygen atoms in total. The summed E-state index contributed by atoms with van der Waals surface area (Å²) in [5, 5.41) is 4.87. The summed E-state index contributed by atoms with van der Waals surface area (Å²) in [6, 6.07) is 7.73. The highest BCUT2D eigenvalue weighted by molar-refractivity contribution is 7.10. The SMILES string of the molecule is CC(C)(CNc1ccc(N)cc1C(F)(F)F)c1cccs1. The van der Waals surface area contributed by atoms with Gasteiger partial charge in [0.1, 0.15) is 0 Å². The van der Waals surface area contributed by atoms with Crippen LogP contribution in [-0.2, 0) is 11.6 Å². The van der Waals surface area contributed by atoms with Gasteiger partial charge in [0.25, 0.3) is 0 Å². The van der Waals surface area contributed by atoms with Crippen molar-refractivity contribution >= 4 is 22.7 Å². The molecule has 1 aromatic carbocycles. The number of nitrogen functional groups attached to an aromatic ring is 1. The van der Waals surface area contributed by atoms with E-state index in [9.17, 15) is 13.2 Å². The van der Waals surface area contributed by atoms with Crippen molar-refractivity contribution < 1.29 is 13.2 Å². The molecule has 0 aliphatic carbocycles. The molecule has 0 aliphatic heterocycles. The van der Waals surface area contributed by atoms with Crippen LogP contribution in [0.5, 0.6) is 0 Å². The summed E-state index contributed by atoms with van der Waals surface area (Å²) >= 11 is 1.59. The Balaban J connectivity index is 2.21. The summed E-state index contributed by atoms with van der Waals surface area (Å²) in [6.45, 7) is 4.40. The van der Waals surface area contributed by atoms with Crippen molar-refractivity contribution in [3.05, 3.63) is 46.2 Å². The van der Waals surface area contributed by atoms with Gasteiger partial charge in [-0.1, -0.05) is 19.9 Å². The minimum atomic E-state index is -4.43. The first-order chi connectivity index (χ1) is 9.70. The van der Waals surface area contributed by atoms with Crippen molar-refractivity contribution in [2.45, 2.75) is 25.4 Å². The zero-order valence-corrected chi connectivity index (χ0v) is 12.6. The van der Waals surface area contributed by atoms with Crippen LogP contribution >= 0.6 is 11.3 Å². The minimum Gasteiger partial charge on any atom is -0.399 e. The number of anilines is 2. The number of benzene rings is 1. The first-order valence-corrected chi connectivity index (χ1v) is 7.33. The predicted molar refractivity (Wildman–Crippen MR) is 81.7 cm³/mol. The Morgan fingerprint density at radius 1 is 1.19 bits per heavy atom. The molecule has 2 rings (SSSR count). The van der Waals surface area contributed by atoms with E-state index >= 15 is 0 Å². The van der Waals surface area contributed by atoms with Crippen molar-refractivity contribution in [3.8, 4) is 0 Å². The average molecular weight is 314 g/mol. The maximum Gasteiger partial charge on any atom is 0.418 e. The Bertz CT molecular complexity index is 604. The lowest BCUT2D eigenvalue weighted by Crippen LogP contribution is -2.27. The molecule has 114 valence electrons. The van der Waals surface area contributed by atoms with E-state index in [1.807, 2.05) is 31.4 Å². The second-order valence-electron chi connectivity index (χ2n) is 5.52. The fourth-order valence-electron chi connectivity index (χ4n) is 2.02. The topological polar surface area (TPSA) is 38.0 Å². The highest BCUT2D eigenvalue weighted by Crippen LogP contribution is 2.37. The molecule has 0 saturated heterocycles. The van der Waals surface area contributed by atoms with Gasteiger partial charge in [0.05, 0.1) is 5.56 Å². The molecule has 1 heterocycles. The molecule has 6 heteroatoms. The molecule has 0 aliphatic rings. The monoisotopic (exact) mass is 314 g/mol. The van der Waals surface area contributed by atoms with Crippen molar-refractivity contribution in [2.75, 3.05) is 17.6 Å². The van der Waals surface area contributed by atoms with Gasteiger partial charge in [-0.05, 0) is 29.6 Å². The van der Waals surface area contributed by atoms with Gasteiger partial charge >= 0.3 is 6.18 Å². The van der Waals surface area contributed by atoms with Crippen LogP contribution in [0.1, 0.15) is 24.3 Å². The third kappa shape index (κ3) is 3.69. The summed E-state index contributed by atoms with van der Waals surface area (Å²) in [5.41, 5.74) is 4.63. The van der Waals surface area contributed by atoms with Gasteiger partial charge in [-0.2, -0.15) is 13.2 Å². The normalized spacial score (nSPS) is 12.4. The molecular weight excluding hydrogens is 297 g/mol. The lowest BCUT2D eigenvalue weighted by molar-refractivity contribution is -0.136. The maximum absolute atomic E-state index is 13.0. The molecule has 0 atom stereocenters. The van der Waals surface area contributed by atoms with E-state index in [0.717, 1.165) is 10.9 Å². The molecule has 2 aromatic rings. The number of rotatable bonds is 4. The largest absolute Gasteiger partial charge is 0.418 e. The van der Waals surface area contributed by atoms with Gasteiger partial charge in [-0.3, -0.25) is 0 Å². The number of nitrogens with two attached hydrogens (primary N) is 1. The summed E-state index contributed by atoms with van der Waals surface area (Å²) in [5.74, 6) is 0. The van der Waals surface area contributed by atoms with Crippen LogP contribution in [-0.4, -0.2) is 6.54 Å². The van der Waals surface area contributed by atoms with Gasteiger partial charge in [-0.25, -0.2) is 0 Å². The van der Waals surface area contributed by atoms with Gasteiger partial charge in [0.2, 0.25) is 0 Å². The van der Waals surface area contributed by atoms with Gasteiger partial charge in [0, 0.05) is 28.2 Å². The lowest BCUT2D eigenvalue weighted by Gasteiger charge is -2.25. The van der Waals surface area contributed by atoms with E-state index in [-0.39, 0.29) is 16.8 Å². The van der Waals surface area contributed by atoms with Crippen LogP contribution in [0.2, 0.25) is 0 Å². The number of hydrogen-bond acceptors (Lipinski definition) is 3. The van der Waals surface area contributed by atoms with E-state index in [0.29, 0.717) is 6.54 Å². The fourth-order valence-corrected chi connectivity index (χ4v) is 2.87. The van der Waals surface area contributed by atoms with Crippen molar-refractivity contribution in [2.24, 2.45) is 0 Å². The quantitative estimate of drug-likeness (QED) is 0.800. The summed E-state index contributed by atoms with van der Waals surface area (Å²) < 4.78 is 39.1. The molecule has 0 fully saturated rings. The number of nitrogens with one attached hydrogen (secondary N) is 1. The smallest absolute Gasteiger partial charge is 0.399 e. The number of hydrogen-bond donors (Lipinski definition) is 2. The third-order valence-corrected chi connectivity index (χ3v) is 4.49. The molecule has 0 unspecified atom stereocenters. The number of alkyl halides is 3. The predicted octanol–water partition coefficient (Wildman–Crippen LogP) is 4.74. The molecule has 21 heavy (non-hydrogen) atoms. The molecule has 0 bridgehead atoms. The number of halogens is 3. The Morgan fingerprint density at radius 3 is 2.48 bits per heavy atom. The van der Waals surface area contributed by atoms with Crippen LogP contribution in [0.3, 0.4) is 0 Å². The zero-order chi connectivity index (χ0) is 15.7. The van der Waals surface area contributed by atoms with Gasteiger partial charge < -0.3 is 11.1 Å². The molecule has 0 radical (unpaired) electrons. The van der Waals surface area contributed by atoms with E-state index in [1.54, 1.807) is 11.3 Å². The molecule has 0 saturated carbocycles. The van der Waals surface area contributed by atoms with Crippen molar-refractivity contribution in [1.82, 2.24) is 0 Å². The molecule has 0 spiro atoms. The summed E-state index contributed by atoms with van der Waals surface area (Å²) in [4.78, 5) is 1.12.